The zero-order chi connectivity index (χ0) is 33.6. The lowest BCUT2D eigenvalue weighted by atomic mass is 10.0. The van der Waals surface area contributed by atoms with Crippen LogP contribution in [0.25, 0.3) is 90.9 Å². The number of nitrogens with one attached hydrogen (secondary N) is 4. The molecule has 6 heterocycles. The van der Waals surface area contributed by atoms with E-state index in [0.29, 0.717) is 17.0 Å². The fourth-order valence-electron chi connectivity index (χ4n) is 6.81. The SMILES string of the molecule is O=c1[nH]cc(-c2c3nc(c(-c4ccccc4)c4ccc([nH]4)c(-c4ccccc4)c4ccc([nH]4)c(-c4ccccc4)c4nc2C=C4)C=C3)c(=O)[nH]1. The van der Waals surface area contributed by atoms with Crippen LogP contribution in [0.4, 0.5) is 0 Å². The van der Waals surface area contributed by atoms with Crippen LogP contribution in [0.1, 0.15) is 22.8 Å². The molecule has 0 atom stereocenters. The number of hydrogen-bond acceptors (Lipinski definition) is 4. The first kappa shape index (κ1) is 29.1. The molecular weight excluding hydrogens is 621 g/mol. The third kappa shape index (κ3) is 5.03. The summed E-state index contributed by atoms with van der Waals surface area (Å²) in [7, 11) is 0. The average molecular weight is 649 g/mol. The highest BCUT2D eigenvalue weighted by Crippen LogP contribution is 2.37. The molecule has 4 N–H and O–H groups in total. The number of benzene rings is 3. The Hall–Kier alpha value is -7.06. The van der Waals surface area contributed by atoms with Gasteiger partial charge in [-0.05, 0) is 65.3 Å². The van der Waals surface area contributed by atoms with Gasteiger partial charge in [0.25, 0.3) is 5.56 Å². The minimum absolute atomic E-state index is 0.258. The maximum Gasteiger partial charge on any atom is 0.325 e. The van der Waals surface area contributed by atoms with E-state index in [1.807, 2.05) is 78.9 Å². The molecule has 0 saturated heterocycles. The Labute approximate surface area is 285 Å². The molecule has 8 heteroatoms. The van der Waals surface area contributed by atoms with Gasteiger partial charge in [-0.2, -0.15) is 0 Å². The smallest absolute Gasteiger partial charge is 0.325 e. The zero-order valence-corrected chi connectivity index (χ0v) is 26.6. The number of hydrogen-bond donors (Lipinski definition) is 4. The minimum atomic E-state index is -0.587. The lowest BCUT2D eigenvalue weighted by Crippen LogP contribution is -2.23. The molecule has 2 aliphatic heterocycles. The van der Waals surface area contributed by atoms with Gasteiger partial charge < -0.3 is 15.0 Å². The quantitative estimate of drug-likeness (QED) is 0.152. The summed E-state index contributed by atoms with van der Waals surface area (Å²) in [5.41, 5.74) is 11.7. The van der Waals surface area contributed by atoms with Crippen LogP contribution in [-0.4, -0.2) is 29.9 Å². The molecule has 8 bridgehead atoms. The third-order valence-electron chi connectivity index (χ3n) is 9.03. The second-order valence-electron chi connectivity index (χ2n) is 12.1. The van der Waals surface area contributed by atoms with E-state index in [1.54, 1.807) is 0 Å². The fourth-order valence-corrected chi connectivity index (χ4v) is 6.81. The van der Waals surface area contributed by atoms with E-state index < -0.39 is 11.2 Å². The number of aromatic amines is 4. The molecule has 0 aliphatic carbocycles. The van der Waals surface area contributed by atoms with Crippen molar-refractivity contribution in [2.24, 2.45) is 0 Å². The molecule has 9 rings (SSSR count). The molecule has 2 aliphatic rings. The molecule has 3 aromatic carbocycles. The Morgan fingerprint density at radius 1 is 0.400 bits per heavy atom. The van der Waals surface area contributed by atoms with E-state index in [4.69, 9.17) is 9.97 Å². The molecular formula is C42H28N6O2. The summed E-state index contributed by atoms with van der Waals surface area (Å²) >= 11 is 0. The van der Waals surface area contributed by atoms with Gasteiger partial charge in [-0.3, -0.25) is 9.78 Å². The predicted octanol–water partition coefficient (Wildman–Crippen LogP) is 8.70. The molecule has 0 radical (unpaired) electrons. The van der Waals surface area contributed by atoms with Crippen LogP contribution in [0.5, 0.6) is 0 Å². The Balaban J connectivity index is 1.50. The van der Waals surface area contributed by atoms with E-state index in [0.717, 1.165) is 66.8 Å². The van der Waals surface area contributed by atoms with E-state index in [1.165, 1.54) is 6.20 Å². The van der Waals surface area contributed by atoms with Crippen molar-refractivity contribution in [3.8, 4) is 44.5 Å². The molecule has 7 aromatic rings. The lowest BCUT2D eigenvalue weighted by molar-refractivity contribution is 1.04. The molecule has 0 amide bonds. The summed E-state index contributed by atoms with van der Waals surface area (Å²) < 4.78 is 0. The van der Waals surface area contributed by atoms with Crippen molar-refractivity contribution in [3.05, 3.63) is 165 Å². The van der Waals surface area contributed by atoms with E-state index >= 15 is 0 Å². The number of aromatic nitrogens is 6. The molecule has 0 spiro atoms. The Morgan fingerprint density at radius 2 is 0.780 bits per heavy atom. The second-order valence-corrected chi connectivity index (χ2v) is 12.1. The normalized spacial score (nSPS) is 12.0. The van der Waals surface area contributed by atoms with Crippen LogP contribution < -0.4 is 11.2 Å². The van der Waals surface area contributed by atoms with Gasteiger partial charge in [0.2, 0.25) is 0 Å². The predicted molar refractivity (Wildman–Crippen MR) is 202 cm³/mol. The Kier molecular flexibility index (Phi) is 6.91. The van der Waals surface area contributed by atoms with E-state index in [-0.39, 0.29) is 5.56 Å². The van der Waals surface area contributed by atoms with E-state index in [9.17, 15) is 9.59 Å². The highest BCUT2D eigenvalue weighted by molar-refractivity contribution is 6.00. The fraction of sp³-hybridized carbons (Fsp3) is 0. The largest absolute Gasteiger partial charge is 0.354 e. The Morgan fingerprint density at radius 3 is 1.20 bits per heavy atom. The number of fused-ring (bicyclic) bond motifs is 8. The van der Waals surface area contributed by atoms with Crippen molar-refractivity contribution in [2.45, 2.75) is 0 Å². The maximum absolute atomic E-state index is 13.3. The van der Waals surface area contributed by atoms with Gasteiger partial charge in [-0.15, -0.1) is 0 Å². The number of nitrogens with zero attached hydrogens (tertiary/aromatic N) is 2. The van der Waals surface area contributed by atoms with Gasteiger partial charge in [-0.1, -0.05) is 91.0 Å². The van der Waals surface area contributed by atoms with Crippen molar-refractivity contribution < 1.29 is 0 Å². The first-order valence-corrected chi connectivity index (χ1v) is 16.3. The standard InChI is InChI=1S/C42H28N6O2/c49-41-28(24-43-42(50)48-41)40-35-22-20-33(46-35)38(26-12-6-2-7-13-26)31-18-16-29(44-31)37(25-10-4-1-5-11-25)30-17-19-32(45-30)39(27-14-8-3-9-15-27)34-21-23-36(40)47-34/h1-24,44-45H,(H2,43,48,49,50). The van der Waals surface area contributed by atoms with Crippen molar-refractivity contribution in [1.29, 1.82) is 0 Å². The molecule has 0 unspecified atom stereocenters. The van der Waals surface area contributed by atoms with Crippen LogP contribution >= 0.6 is 0 Å². The van der Waals surface area contributed by atoms with Gasteiger partial charge >= 0.3 is 5.69 Å². The number of rotatable bonds is 4. The zero-order valence-electron chi connectivity index (χ0n) is 26.6. The topological polar surface area (TPSA) is 123 Å². The molecule has 0 saturated carbocycles. The minimum Gasteiger partial charge on any atom is -0.354 e. The van der Waals surface area contributed by atoms with Crippen LogP contribution in [0.2, 0.25) is 0 Å². The molecule has 238 valence electrons. The van der Waals surface area contributed by atoms with Gasteiger partial charge in [-0.25, -0.2) is 14.8 Å². The first-order chi connectivity index (χ1) is 24.6. The monoisotopic (exact) mass is 648 g/mol. The van der Waals surface area contributed by atoms with Crippen molar-refractivity contribution in [3.63, 3.8) is 0 Å². The van der Waals surface area contributed by atoms with Crippen LogP contribution in [0.15, 0.2) is 131 Å². The highest BCUT2D eigenvalue weighted by Gasteiger charge is 2.21. The molecule has 0 fully saturated rings. The van der Waals surface area contributed by atoms with Gasteiger partial charge in [0.05, 0.1) is 28.3 Å². The summed E-state index contributed by atoms with van der Waals surface area (Å²) in [6.45, 7) is 0. The summed E-state index contributed by atoms with van der Waals surface area (Å²) in [6, 6.07) is 39.0. The highest BCUT2D eigenvalue weighted by atomic mass is 16.2. The maximum atomic E-state index is 13.3. The average Bonchev–Trinajstić information content (AvgIpc) is 3.98. The summed E-state index contributed by atoms with van der Waals surface area (Å²) in [6.07, 6.45) is 9.14. The Bertz CT molecular complexity index is 2650. The lowest BCUT2D eigenvalue weighted by Gasteiger charge is -2.06. The second kappa shape index (κ2) is 11.9. The van der Waals surface area contributed by atoms with E-state index in [2.05, 4.69) is 80.6 Å². The summed E-state index contributed by atoms with van der Waals surface area (Å²) in [5.74, 6) is 0. The van der Waals surface area contributed by atoms with Crippen LogP contribution in [0.3, 0.4) is 0 Å². The third-order valence-corrected chi connectivity index (χ3v) is 9.03. The molecule has 4 aromatic heterocycles. The molecule has 50 heavy (non-hydrogen) atoms. The van der Waals surface area contributed by atoms with Gasteiger partial charge in [0.15, 0.2) is 0 Å². The van der Waals surface area contributed by atoms with Gasteiger partial charge in [0.1, 0.15) is 0 Å². The van der Waals surface area contributed by atoms with Crippen molar-refractivity contribution in [2.75, 3.05) is 0 Å². The van der Waals surface area contributed by atoms with Crippen LogP contribution in [0, 0.1) is 0 Å². The summed E-state index contributed by atoms with van der Waals surface area (Å²) in [5, 5.41) is 0. The molecule has 8 nitrogen and oxygen atoms in total. The van der Waals surface area contributed by atoms with Gasteiger partial charge in [0, 0.05) is 50.5 Å². The van der Waals surface area contributed by atoms with Crippen LogP contribution in [-0.2, 0) is 0 Å². The van der Waals surface area contributed by atoms with Crippen molar-refractivity contribution in [1.82, 2.24) is 29.9 Å². The summed E-state index contributed by atoms with van der Waals surface area (Å²) in [4.78, 5) is 48.2. The first-order valence-electron chi connectivity index (χ1n) is 16.3. The van der Waals surface area contributed by atoms with Crippen molar-refractivity contribution >= 4 is 46.4 Å². The number of H-pyrrole nitrogens is 4.